The van der Waals surface area contributed by atoms with Crippen LogP contribution in [0.15, 0.2) is 29.0 Å². The maximum Gasteiger partial charge on any atom is 0.144 e. The number of nitrogens with one attached hydrogen (secondary N) is 1. The first-order chi connectivity index (χ1) is 16.3. The Kier molecular flexibility index (Phi) is 9.46. The average molecular weight is 491 g/mol. The van der Waals surface area contributed by atoms with Gasteiger partial charge in [0.15, 0.2) is 0 Å². The lowest BCUT2D eigenvalue weighted by atomic mass is 9.70. The number of nitrogens with zero attached hydrogens (tertiary/aromatic N) is 1. The Labute approximate surface area is 209 Å². The van der Waals surface area contributed by atoms with Gasteiger partial charge in [-0.05, 0) is 56.4 Å². The molecule has 34 heavy (non-hydrogen) atoms. The van der Waals surface area contributed by atoms with Crippen molar-refractivity contribution in [2.45, 2.75) is 59.0 Å². The number of hydrogen-bond donors (Lipinski definition) is 2. The minimum absolute atomic E-state index is 0.107. The van der Waals surface area contributed by atoms with Crippen molar-refractivity contribution < 1.29 is 19.4 Å². The quantitative estimate of drug-likeness (QED) is 0.274. The van der Waals surface area contributed by atoms with Gasteiger partial charge in [-0.3, -0.25) is 0 Å². The predicted octanol–water partition coefficient (Wildman–Crippen LogP) is 5.43. The summed E-state index contributed by atoms with van der Waals surface area (Å²) in [6.07, 6.45) is 11.1. The van der Waals surface area contributed by atoms with Gasteiger partial charge in [-0.1, -0.05) is 54.4 Å². The maximum absolute atomic E-state index is 10.9. The molecule has 188 valence electrons. The van der Waals surface area contributed by atoms with E-state index in [-0.39, 0.29) is 5.75 Å². The second-order valence-corrected chi connectivity index (χ2v) is 10.0. The van der Waals surface area contributed by atoms with Gasteiger partial charge in [0, 0.05) is 17.2 Å². The van der Waals surface area contributed by atoms with Crippen LogP contribution in [0.2, 0.25) is 5.02 Å². The molecular formula is C27H39ClN2O4. The van der Waals surface area contributed by atoms with Crippen molar-refractivity contribution in [1.82, 2.24) is 5.32 Å². The van der Waals surface area contributed by atoms with Crippen LogP contribution in [0, 0.1) is 24.7 Å². The number of benzene rings is 1. The topological polar surface area (TPSA) is 72.3 Å². The fourth-order valence-corrected chi connectivity index (χ4v) is 5.34. The summed E-state index contributed by atoms with van der Waals surface area (Å²) in [7, 11) is 3.02. The Hall–Kier alpha value is -2.02. The van der Waals surface area contributed by atoms with Crippen LogP contribution in [0.3, 0.4) is 0 Å². The van der Waals surface area contributed by atoms with Gasteiger partial charge in [0.1, 0.15) is 18.6 Å². The molecule has 6 nitrogen and oxygen atoms in total. The van der Waals surface area contributed by atoms with Gasteiger partial charge >= 0.3 is 0 Å². The van der Waals surface area contributed by atoms with Crippen molar-refractivity contribution in [2.75, 3.05) is 27.4 Å². The Morgan fingerprint density at radius 1 is 1.26 bits per heavy atom. The van der Waals surface area contributed by atoms with Gasteiger partial charge < -0.3 is 24.7 Å². The summed E-state index contributed by atoms with van der Waals surface area (Å²) in [5, 5.41) is 19.0. The van der Waals surface area contributed by atoms with Crippen LogP contribution in [0.5, 0.6) is 11.5 Å². The highest BCUT2D eigenvalue weighted by molar-refractivity contribution is 6.33. The Morgan fingerprint density at radius 3 is 2.62 bits per heavy atom. The predicted molar refractivity (Wildman–Crippen MR) is 138 cm³/mol. The van der Waals surface area contributed by atoms with Crippen LogP contribution >= 0.6 is 11.6 Å². The molecule has 0 radical (unpaired) electrons. The zero-order valence-corrected chi connectivity index (χ0v) is 22.0. The number of halogens is 1. The van der Waals surface area contributed by atoms with Gasteiger partial charge in [0.25, 0.3) is 0 Å². The molecule has 2 N–H and O–H groups in total. The standard InChI is InChI=1S/C27H39ClN2O4/c1-16(7-10-21-17(2)9-12-24(18(21)3)30-20-14-34-15-20)8-11-22-26(31)23(13-29-33-6)19(4)25(28)27(22)32-5/h7-8,10,13,17-18,20-21,24,30-31H,9,11-12,14-15H2,1-6H3/b10-7+,16-8+,29-13+/t17-,18-,21?,24?/m1/s1. The number of hydrogen-bond acceptors (Lipinski definition) is 6. The molecule has 1 saturated heterocycles. The summed E-state index contributed by atoms with van der Waals surface area (Å²) in [6.45, 7) is 10.3. The summed E-state index contributed by atoms with van der Waals surface area (Å²) in [5.74, 6) is 2.33. The molecule has 0 aromatic heterocycles. The molecule has 3 rings (SSSR count). The number of methoxy groups -OCH3 is 1. The Balaban J connectivity index is 1.76. The minimum Gasteiger partial charge on any atom is -0.507 e. The third-order valence-electron chi connectivity index (χ3n) is 7.37. The van der Waals surface area contributed by atoms with E-state index in [4.69, 9.17) is 25.9 Å². The SMILES string of the molecule is CO/N=C/c1c(C)c(Cl)c(OC)c(C/C=C(C)/C=C/C2[C@@H](C)C(NC3COC3)CC[C@H]2C)c1O. The van der Waals surface area contributed by atoms with Crippen molar-refractivity contribution in [3.63, 3.8) is 0 Å². The van der Waals surface area contributed by atoms with Crippen molar-refractivity contribution in [2.24, 2.45) is 22.9 Å². The van der Waals surface area contributed by atoms with Crippen molar-refractivity contribution in [3.05, 3.63) is 45.5 Å². The molecule has 0 spiro atoms. The zero-order valence-electron chi connectivity index (χ0n) is 21.2. The molecule has 0 bridgehead atoms. The van der Waals surface area contributed by atoms with E-state index in [1.807, 2.05) is 6.92 Å². The van der Waals surface area contributed by atoms with E-state index in [2.05, 4.69) is 49.5 Å². The lowest BCUT2D eigenvalue weighted by Crippen LogP contribution is -2.54. The van der Waals surface area contributed by atoms with Crippen LogP contribution in [-0.4, -0.2) is 50.8 Å². The normalized spacial score (nSPS) is 26.3. The summed E-state index contributed by atoms with van der Waals surface area (Å²) < 4.78 is 10.9. The van der Waals surface area contributed by atoms with E-state index in [0.717, 1.165) is 18.8 Å². The summed E-state index contributed by atoms with van der Waals surface area (Å²) in [5.41, 5.74) is 2.99. The van der Waals surface area contributed by atoms with E-state index < -0.39 is 0 Å². The highest BCUT2D eigenvalue weighted by Gasteiger charge is 2.35. The molecule has 0 amide bonds. The van der Waals surface area contributed by atoms with E-state index in [1.165, 1.54) is 26.2 Å². The maximum atomic E-state index is 10.9. The molecule has 1 aromatic carbocycles. The van der Waals surface area contributed by atoms with Crippen LogP contribution < -0.4 is 10.1 Å². The van der Waals surface area contributed by atoms with Crippen LogP contribution in [-0.2, 0) is 16.0 Å². The molecule has 1 aliphatic heterocycles. The van der Waals surface area contributed by atoms with Crippen LogP contribution in [0.25, 0.3) is 0 Å². The van der Waals surface area contributed by atoms with Crippen LogP contribution in [0.4, 0.5) is 0 Å². The molecule has 1 saturated carbocycles. The highest BCUT2D eigenvalue weighted by atomic mass is 35.5. The fraction of sp³-hybridized carbons (Fsp3) is 0.593. The van der Waals surface area contributed by atoms with Crippen LogP contribution in [0.1, 0.15) is 50.3 Å². The molecule has 2 fully saturated rings. The van der Waals surface area contributed by atoms with Gasteiger partial charge in [0.2, 0.25) is 0 Å². The molecule has 4 atom stereocenters. The number of aromatic hydroxyl groups is 1. The number of ether oxygens (including phenoxy) is 2. The molecule has 7 heteroatoms. The second-order valence-electron chi connectivity index (χ2n) is 9.64. The Morgan fingerprint density at radius 2 is 2.00 bits per heavy atom. The monoisotopic (exact) mass is 490 g/mol. The highest BCUT2D eigenvalue weighted by Crippen LogP contribution is 2.41. The molecule has 2 unspecified atom stereocenters. The number of allylic oxidation sites excluding steroid dienone is 4. The van der Waals surface area contributed by atoms with E-state index in [1.54, 1.807) is 7.11 Å². The van der Waals surface area contributed by atoms with Crippen molar-refractivity contribution in [3.8, 4) is 11.5 Å². The first kappa shape index (κ1) is 26.6. The number of phenols is 1. The smallest absolute Gasteiger partial charge is 0.144 e. The third-order valence-corrected chi connectivity index (χ3v) is 7.82. The number of oxime groups is 1. The van der Waals surface area contributed by atoms with Gasteiger partial charge in [-0.2, -0.15) is 0 Å². The fourth-order valence-electron chi connectivity index (χ4n) is 5.05. The van der Waals surface area contributed by atoms with Crippen molar-refractivity contribution >= 4 is 17.8 Å². The lowest BCUT2D eigenvalue weighted by Gasteiger charge is -2.42. The molecule has 1 heterocycles. The molecule has 1 aromatic rings. The van der Waals surface area contributed by atoms with Gasteiger partial charge in [-0.25, -0.2) is 0 Å². The average Bonchev–Trinajstić information content (AvgIpc) is 2.78. The van der Waals surface area contributed by atoms with E-state index in [9.17, 15) is 5.11 Å². The van der Waals surface area contributed by atoms with Crippen molar-refractivity contribution in [1.29, 1.82) is 0 Å². The number of rotatable bonds is 9. The summed E-state index contributed by atoms with van der Waals surface area (Å²) in [6, 6.07) is 1.04. The zero-order chi connectivity index (χ0) is 24.8. The van der Waals surface area contributed by atoms with E-state index in [0.29, 0.717) is 63.7 Å². The molecule has 1 aliphatic carbocycles. The molecule has 2 aliphatic rings. The lowest BCUT2D eigenvalue weighted by molar-refractivity contribution is -0.0186. The Bertz CT molecular complexity index is 939. The minimum atomic E-state index is 0.107. The second kappa shape index (κ2) is 12.1. The first-order valence-corrected chi connectivity index (χ1v) is 12.5. The molecular weight excluding hydrogens is 452 g/mol. The van der Waals surface area contributed by atoms with Gasteiger partial charge in [-0.15, -0.1) is 0 Å². The number of phenolic OH excluding ortho intramolecular Hbond substituents is 1. The third kappa shape index (κ3) is 5.96. The van der Waals surface area contributed by atoms with Gasteiger partial charge in [0.05, 0.1) is 37.6 Å². The summed E-state index contributed by atoms with van der Waals surface area (Å²) >= 11 is 6.54. The summed E-state index contributed by atoms with van der Waals surface area (Å²) in [4.78, 5) is 4.79. The largest absolute Gasteiger partial charge is 0.507 e. The van der Waals surface area contributed by atoms with E-state index >= 15 is 0 Å². The first-order valence-electron chi connectivity index (χ1n) is 12.1.